The van der Waals surface area contributed by atoms with E-state index in [9.17, 15) is 0 Å². The number of para-hydroxylation sites is 1. The van der Waals surface area contributed by atoms with Crippen molar-refractivity contribution >= 4 is 0 Å². The number of hydrogen-bond donors (Lipinski definition) is 0. The van der Waals surface area contributed by atoms with Crippen LogP contribution in [0, 0.1) is 11.8 Å². The molecule has 21 heavy (non-hydrogen) atoms. The van der Waals surface area contributed by atoms with Crippen LogP contribution in [0.4, 0.5) is 0 Å². The van der Waals surface area contributed by atoms with Gasteiger partial charge in [-0.2, -0.15) is 4.68 Å². The lowest BCUT2D eigenvalue weighted by molar-refractivity contribution is 0.626. The van der Waals surface area contributed by atoms with E-state index in [4.69, 9.17) is 0 Å². The van der Waals surface area contributed by atoms with Gasteiger partial charge in [0.2, 0.25) is 0 Å². The molecular weight excluding hydrogens is 260 g/mol. The fourth-order valence-electron chi connectivity index (χ4n) is 3.54. The average molecular weight is 282 g/mol. The van der Waals surface area contributed by atoms with Crippen LogP contribution in [-0.4, -0.2) is 20.2 Å². The van der Waals surface area contributed by atoms with Crippen molar-refractivity contribution < 1.29 is 0 Å². The summed E-state index contributed by atoms with van der Waals surface area (Å²) in [5.74, 6) is 2.87. The highest BCUT2D eigenvalue weighted by atomic mass is 15.5. The molecule has 110 valence electrons. The molecule has 1 aromatic heterocycles. The van der Waals surface area contributed by atoms with E-state index in [2.05, 4.69) is 47.6 Å². The topological polar surface area (TPSA) is 43.6 Å². The zero-order valence-electron chi connectivity index (χ0n) is 12.7. The van der Waals surface area contributed by atoms with Gasteiger partial charge >= 0.3 is 0 Å². The summed E-state index contributed by atoms with van der Waals surface area (Å²) in [6.07, 6.45) is 7.18. The lowest BCUT2D eigenvalue weighted by Gasteiger charge is -2.22. The monoisotopic (exact) mass is 282 g/mol. The molecule has 0 bridgehead atoms. The Morgan fingerprint density at radius 1 is 1.00 bits per heavy atom. The van der Waals surface area contributed by atoms with Crippen molar-refractivity contribution in [3.63, 3.8) is 0 Å². The van der Waals surface area contributed by atoms with E-state index in [1.807, 2.05) is 4.68 Å². The zero-order chi connectivity index (χ0) is 14.4. The molecule has 0 unspecified atom stereocenters. The van der Waals surface area contributed by atoms with Crippen LogP contribution >= 0.6 is 0 Å². The molecule has 4 heteroatoms. The molecule has 4 nitrogen and oxygen atoms in total. The highest BCUT2D eigenvalue weighted by Crippen LogP contribution is 2.48. The fraction of sp³-hybridized carbons (Fsp3) is 0.588. The smallest absolute Gasteiger partial charge is 0.143 e. The fourth-order valence-corrected chi connectivity index (χ4v) is 3.54. The van der Waals surface area contributed by atoms with Gasteiger partial charge in [-0.05, 0) is 70.9 Å². The first kappa shape index (κ1) is 13.0. The van der Waals surface area contributed by atoms with Crippen molar-refractivity contribution in [2.75, 3.05) is 0 Å². The van der Waals surface area contributed by atoms with Gasteiger partial charge in [-0.25, -0.2) is 0 Å². The van der Waals surface area contributed by atoms with Crippen molar-refractivity contribution in [3.8, 4) is 5.69 Å². The molecule has 0 saturated heterocycles. The van der Waals surface area contributed by atoms with Crippen LogP contribution in [0.2, 0.25) is 0 Å². The number of hydrogen-bond acceptors (Lipinski definition) is 3. The van der Waals surface area contributed by atoms with Crippen LogP contribution in [0.1, 0.15) is 62.5 Å². The first-order valence-corrected chi connectivity index (χ1v) is 8.12. The number of tetrazole rings is 1. The normalized spacial score (nSPS) is 21.2. The molecule has 2 aliphatic carbocycles. The Bertz CT molecular complexity index is 590. The molecular formula is C17H22N4. The van der Waals surface area contributed by atoms with E-state index >= 15 is 0 Å². The van der Waals surface area contributed by atoms with Gasteiger partial charge < -0.3 is 0 Å². The molecule has 2 aromatic rings. The van der Waals surface area contributed by atoms with E-state index < -0.39 is 0 Å². The molecule has 0 spiro atoms. The lowest BCUT2D eigenvalue weighted by Crippen LogP contribution is -2.11. The van der Waals surface area contributed by atoms with E-state index in [-0.39, 0.29) is 0 Å². The summed E-state index contributed by atoms with van der Waals surface area (Å²) in [5.41, 5.74) is 4.06. The Morgan fingerprint density at radius 3 is 2.00 bits per heavy atom. The Balaban J connectivity index is 1.84. The minimum absolute atomic E-state index is 0.593. The predicted octanol–water partition coefficient (Wildman–Crippen LogP) is 3.69. The van der Waals surface area contributed by atoms with Gasteiger partial charge in [0, 0.05) is 0 Å². The summed E-state index contributed by atoms with van der Waals surface area (Å²) < 4.78 is 1.88. The Kier molecular flexibility index (Phi) is 3.05. The van der Waals surface area contributed by atoms with E-state index in [0.717, 1.165) is 11.8 Å². The van der Waals surface area contributed by atoms with Crippen LogP contribution in [0.5, 0.6) is 0 Å². The minimum Gasteiger partial charge on any atom is -0.200 e. The molecule has 0 aliphatic heterocycles. The molecule has 2 atom stereocenters. The second-order valence-corrected chi connectivity index (χ2v) is 6.79. The van der Waals surface area contributed by atoms with Gasteiger partial charge in [0.05, 0.1) is 5.69 Å². The molecule has 1 aromatic carbocycles. The van der Waals surface area contributed by atoms with Crippen LogP contribution < -0.4 is 0 Å². The zero-order valence-corrected chi connectivity index (χ0v) is 12.7. The summed E-state index contributed by atoms with van der Waals surface area (Å²) in [6, 6.07) is 6.75. The highest BCUT2D eigenvalue weighted by molar-refractivity contribution is 5.51. The molecule has 2 fully saturated rings. The van der Waals surface area contributed by atoms with Gasteiger partial charge in [-0.3, -0.25) is 0 Å². The van der Waals surface area contributed by atoms with Gasteiger partial charge in [0.1, 0.15) is 6.33 Å². The van der Waals surface area contributed by atoms with Crippen molar-refractivity contribution in [2.45, 2.75) is 51.4 Å². The molecule has 0 amide bonds. The van der Waals surface area contributed by atoms with Gasteiger partial charge in [0.25, 0.3) is 0 Å². The van der Waals surface area contributed by atoms with E-state index in [0.29, 0.717) is 11.8 Å². The molecule has 0 radical (unpaired) electrons. The van der Waals surface area contributed by atoms with E-state index in [1.54, 1.807) is 6.33 Å². The second kappa shape index (κ2) is 4.93. The highest BCUT2D eigenvalue weighted by Gasteiger charge is 2.34. The first-order chi connectivity index (χ1) is 10.3. The average Bonchev–Trinajstić information content (AvgIpc) is 3.43. The summed E-state index contributed by atoms with van der Waals surface area (Å²) in [7, 11) is 0. The lowest BCUT2D eigenvalue weighted by atomic mass is 9.87. The van der Waals surface area contributed by atoms with Crippen molar-refractivity contribution in [1.29, 1.82) is 0 Å². The van der Waals surface area contributed by atoms with E-state index in [1.165, 1.54) is 42.5 Å². The maximum absolute atomic E-state index is 4.19. The van der Waals surface area contributed by atoms with Crippen LogP contribution in [0.25, 0.3) is 5.69 Å². The number of rotatable bonds is 5. The Hall–Kier alpha value is -1.71. The third kappa shape index (κ3) is 2.37. The molecule has 1 heterocycles. The Morgan fingerprint density at radius 2 is 1.57 bits per heavy atom. The van der Waals surface area contributed by atoms with Crippen molar-refractivity contribution in [2.24, 2.45) is 11.8 Å². The van der Waals surface area contributed by atoms with Crippen LogP contribution in [-0.2, 0) is 0 Å². The van der Waals surface area contributed by atoms with Gasteiger partial charge in [-0.1, -0.05) is 32.0 Å². The SMILES string of the molecule is C[C@@H](c1cccc([C@H](C)C2CC2)c1-n1cnnn1)C1CC1. The first-order valence-electron chi connectivity index (χ1n) is 8.12. The third-order valence-corrected chi connectivity index (χ3v) is 5.32. The van der Waals surface area contributed by atoms with Crippen LogP contribution in [0.3, 0.4) is 0 Å². The minimum atomic E-state index is 0.593. The summed E-state index contributed by atoms with van der Waals surface area (Å²) in [6.45, 7) is 4.71. The predicted molar refractivity (Wildman–Crippen MR) is 81.4 cm³/mol. The van der Waals surface area contributed by atoms with Gasteiger partial charge in [0.15, 0.2) is 0 Å². The summed E-state index contributed by atoms with van der Waals surface area (Å²) >= 11 is 0. The van der Waals surface area contributed by atoms with Crippen LogP contribution in [0.15, 0.2) is 24.5 Å². The number of nitrogens with zero attached hydrogens (tertiary/aromatic N) is 4. The molecule has 0 N–H and O–H groups in total. The Labute approximate surface area is 125 Å². The quantitative estimate of drug-likeness (QED) is 0.840. The number of aromatic nitrogens is 4. The molecule has 2 saturated carbocycles. The van der Waals surface area contributed by atoms with Gasteiger partial charge in [-0.15, -0.1) is 5.10 Å². The van der Waals surface area contributed by atoms with Crippen molar-refractivity contribution in [3.05, 3.63) is 35.7 Å². The second-order valence-electron chi connectivity index (χ2n) is 6.79. The maximum atomic E-state index is 4.19. The summed E-state index contributed by atoms with van der Waals surface area (Å²) in [4.78, 5) is 0. The maximum Gasteiger partial charge on any atom is 0.143 e. The standard InChI is InChI=1S/C17H22N4/c1-11(13-6-7-13)15-4-3-5-16(12(2)14-8-9-14)17(15)21-10-18-19-20-21/h3-5,10-14H,6-9H2,1-2H3/t11-,12-/m1/s1. The summed E-state index contributed by atoms with van der Waals surface area (Å²) in [5, 5.41) is 11.9. The number of benzene rings is 1. The molecule has 2 aliphatic rings. The van der Waals surface area contributed by atoms with Crippen molar-refractivity contribution in [1.82, 2.24) is 20.2 Å². The molecule has 4 rings (SSSR count). The largest absolute Gasteiger partial charge is 0.200 e. The third-order valence-electron chi connectivity index (χ3n) is 5.32.